The fourth-order valence-electron chi connectivity index (χ4n) is 3.60. The molecule has 33 heavy (non-hydrogen) atoms. The Hall–Kier alpha value is -4.22. The molecule has 1 heterocycles. The number of rotatable bonds is 5. The number of aromatic nitrogens is 2. The molecule has 0 saturated carbocycles. The van der Waals surface area contributed by atoms with Crippen molar-refractivity contribution in [2.24, 2.45) is 5.10 Å². The zero-order valence-electron chi connectivity index (χ0n) is 17.5. The second-order valence-electron chi connectivity index (χ2n) is 7.42. The smallest absolute Gasteiger partial charge is 0.244 e. The minimum absolute atomic E-state index is 0.153. The highest BCUT2D eigenvalue weighted by Crippen LogP contribution is 2.27. The van der Waals surface area contributed by atoms with Crippen LogP contribution in [-0.2, 0) is 0 Å². The number of anilines is 1. The molecule has 5 aromatic rings. The van der Waals surface area contributed by atoms with E-state index >= 15 is 0 Å². The summed E-state index contributed by atoms with van der Waals surface area (Å²) in [5.41, 5.74) is 6.94. The summed E-state index contributed by atoms with van der Waals surface area (Å²) in [6.07, 6.45) is 1.58. The van der Waals surface area contributed by atoms with Gasteiger partial charge in [-0.2, -0.15) is 5.10 Å². The SMILES string of the molecule is Oc1ccc2ccccc2c1/C=N/Nc1nc(-c2ccccc2)cc(-c2ccc(Cl)cc2)n1. The minimum atomic E-state index is 0.153. The van der Waals surface area contributed by atoms with Crippen molar-refractivity contribution in [3.63, 3.8) is 0 Å². The van der Waals surface area contributed by atoms with Crippen molar-refractivity contribution in [3.05, 3.63) is 108 Å². The zero-order chi connectivity index (χ0) is 22.6. The average molecular weight is 451 g/mol. The molecule has 0 radical (unpaired) electrons. The number of fused-ring (bicyclic) bond motifs is 1. The lowest BCUT2D eigenvalue weighted by molar-refractivity contribution is 0.475. The topological polar surface area (TPSA) is 70.4 Å². The van der Waals surface area contributed by atoms with E-state index in [9.17, 15) is 5.11 Å². The van der Waals surface area contributed by atoms with Crippen LogP contribution in [0.4, 0.5) is 5.95 Å². The minimum Gasteiger partial charge on any atom is -0.507 e. The molecule has 0 bridgehead atoms. The molecular formula is C27H19ClN4O. The number of hydrogen-bond acceptors (Lipinski definition) is 5. The highest BCUT2D eigenvalue weighted by molar-refractivity contribution is 6.30. The maximum absolute atomic E-state index is 10.4. The largest absolute Gasteiger partial charge is 0.507 e. The highest BCUT2D eigenvalue weighted by Gasteiger charge is 2.09. The molecule has 0 saturated heterocycles. The van der Waals surface area contributed by atoms with Gasteiger partial charge in [-0.05, 0) is 35.0 Å². The molecule has 4 aromatic carbocycles. The van der Waals surface area contributed by atoms with E-state index in [0.29, 0.717) is 16.5 Å². The number of hydrazone groups is 1. The molecule has 5 rings (SSSR count). The standard InChI is InChI=1S/C27H19ClN4O/c28-21-13-10-20(11-14-21)25-16-24(19-7-2-1-3-8-19)30-27(31-25)32-29-17-23-22-9-5-4-6-18(22)12-15-26(23)33/h1-17,33H,(H,30,31,32)/b29-17+. The van der Waals surface area contributed by atoms with Crippen molar-refractivity contribution < 1.29 is 5.11 Å². The Labute approximate surface area is 196 Å². The van der Waals surface area contributed by atoms with E-state index in [-0.39, 0.29) is 5.75 Å². The van der Waals surface area contributed by atoms with E-state index in [1.807, 2.05) is 91.0 Å². The first-order chi connectivity index (χ1) is 16.2. The van der Waals surface area contributed by atoms with Gasteiger partial charge in [-0.25, -0.2) is 15.4 Å². The van der Waals surface area contributed by atoms with Crippen molar-refractivity contribution in [1.82, 2.24) is 9.97 Å². The first kappa shape index (κ1) is 20.7. The molecule has 0 spiro atoms. The fraction of sp³-hybridized carbons (Fsp3) is 0. The predicted octanol–water partition coefficient (Wildman–Crippen LogP) is 6.77. The van der Waals surface area contributed by atoms with Gasteiger partial charge < -0.3 is 5.11 Å². The quantitative estimate of drug-likeness (QED) is 0.229. The summed E-state index contributed by atoms with van der Waals surface area (Å²) in [6, 6.07) is 30.7. The number of benzene rings is 4. The van der Waals surface area contributed by atoms with E-state index in [2.05, 4.69) is 20.5 Å². The van der Waals surface area contributed by atoms with E-state index in [0.717, 1.165) is 33.3 Å². The van der Waals surface area contributed by atoms with Crippen molar-refractivity contribution in [1.29, 1.82) is 0 Å². The molecule has 0 aliphatic carbocycles. The lowest BCUT2D eigenvalue weighted by atomic mass is 10.0. The third-order valence-corrected chi connectivity index (χ3v) is 5.49. The fourth-order valence-corrected chi connectivity index (χ4v) is 3.72. The second kappa shape index (κ2) is 9.10. The second-order valence-corrected chi connectivity index (χ2v) is 7.86. The summed E-state index contributed by atoms with van der Waals surface area (Å²) in [5, 5.41) is 17.3. The molecule has 0 aliphatic heterocycles. The van der Waals surface area contributed by atoms with Gasteiger partial charge in [0.05, 0.1) is 17.6 Å². The first-order valence-electron chi connectivity index (χ1n) is 10.4. The molecule has 1 aromatic heterocycles. The van der Waals surface area contributed by atoms with Gasteiger partial charge in [0, 0.05) is 21.7 Å². The summed E-state index contributed by atoms with van der Waals surface area (Å²) >= 11 is 6.05. The van der Waals surface area contributed by atoms with Gasteiger partial charge in [-0.15, -0.1) is 0 Å². The molecule has 0 fully saturated rings. The molecule has 0 atom stereocenters. The summed E-state index contributed by atoms with van der Waals surface area (Å²) in [5.74, 6) is 0.498. The molecule has 0 aliphatic rings. The number of phenols is 1. The van der Waals surface area contributed by atoms with Crippen molar-refractivity contribution >= 4 is 34.5 Å². The van der Waals surface area contributed by atoms with Crippen LogP contribution in [0.1, 0.15) is 5.56 Å². The Morgan fingerprint density at radius 3 is 2.18 bits per heavy atom. The van der Waals surface area contributed by atoms with Crippen molar-refractivity contribution in [2.45, 2.75) is 0 Å². The molecule has 0 unspecified atom stereocenters. The number of phenolic OH excluding ortho intramolecular Hbond substituents is 1. The van der Waals surface area contributed by atoms with E-state index < -0.39 is 0 Å². The van der Waals surface area contributed by atoms with Crippen molar-refractivity contribution in [3.8, 4) is 28.3 Å². The van der Waals surface area contributed by atoms with Crippen LogP contribution in [0, 0.1) is 0 Å². The first-order valence-corrected chi connectivity index (χ1v) is 10.8. The van der Waals surface area contributed by atoms with Gasteiger partial charge in [0.15, 0.2) is 0 Å². The normalized spacial score (nSPS) is 11.2. The van der Waals surface area contributed by atoms with Gasteiger partial charge in [-0.1, -0.05) is 84.4 Å². The Kier molecular flexibility index (Phi) is 5.70. The summed E-state index contributed by atoms with van der Waals surface area (Å²) in [6.45, 7) is 0. The third-order valence-electron chi connectivity index (χ3n) is 5.24. The molecule has 0 amide bonds. The van der Waals surface area contributed by atoms with Crippen LogP contribution >= 0.6 is 11.6 Å². The third kappa shape index (κ3) is 4.54. The van der Waals surface area contributed by atoms with Crippen LogP contribution in [0.15, 0.2) is 102 Å². The number of aromatic hydroxyl groups is 1. The lowest BCUT2D eigenvalue weighted by Gasteiger charge is -2.09. The predicted molar refractivity (Wildman–Crippen MR) is 135 cm³/mol. The van der Waals surface area contributed by atoms with Crippen molar-refractivity contribution in [2.75, 3.05) is 5.43 Å². The highest BCUT2D eigenvalue weighted by atomic mass is 35.5. The number of nitrogens with one attached hydrogen (secondary N) is 1. The average Bonchev–Trinajstić information content (AvgIpc) is 2.86. The van der Waals surface area contributed by atoms with Gasteiger partial charge in [0.25, 0.3) is 0 Å². The lowest BCUT2D eigenvalue weighted by Crippen LogP contribution is -2.00. The monoisotopic (exact) mass is 450 g/mol. The van der Waals surface area contributed by atoms with Crippen LogP contribution in [-0.4, -0.2) is 21.3 Å². The summed E-state index contributed by atoms with van der Waals surface area (Å²) in [4.78, 5) is 9.27. The number of halogens is 1. The molecule has 160 valence electrons. The zero-order valence-corrected chi connectivity index (χ0v) is 18.2. The maximum Gasteiger partial charge on any atom is 0.244 e. The van der Waals surface area contributed by atoms with E-state index in [4.69, 9.17) is 11.6 Å². The van der Waals surface area contributed by atoms with Crippen LogP contribution < -0.4 is 5.43 Å². The Balaban J connectivity index is 1.52. The Morgan fingerprint density at radius 2 is 1.42 bits per heavy atom. The van der Waals surface area contributed by atoms with Gasteiger partial charge in [0.2, 0.25) is 5.95 Å². The van der Waals surface area contributed by atoms with Crippen LogP contribution in [0.5, 0.6) is 5.75 Å². The van der Waals surface area contributed by atoms with Crippen LogP contribution in [0.3, 0.4) is 0 Å². The summed E-state index contributed by atoms with van der Waals surface area (Å²) < 4.78 is 0. The molecule has 6 heteroatoms. The van der Waals surface area contributed by atoms with Crippen LogP contribution in [0.2, 0.25) is 5.02 Å². The maximum atomic E-state index is 10.4. The Bertz CT molecular complexity index is 1450. The number of hydrogen-bond donors (Lipinski definition) is 2. The molecule has 2 N–H and O–H groups in total. The molecular weight excluding hydrogens is 432 g/mol. The van der Waals surface area contributed by atoms with Gasteiger partial charge >= 0.3 is 0 Å². The summed E-state index contributed by atoms with van der Waals surface area (Å²) in [7, 11) is 0. The number of nitrogens with zero attached hydrogens (tertiary/aromatic N) is 3. The van der Waals surface area contributed by atoms with E-state index in [1.165, 1.54) is 0 Å². The van der Waals surface area contributed by atoms with Gasteiger partial charge in [0.1, 0.15) is 5.75 Å². The molecule has 5 nitrogen and oxygen atoms in total. The van der Waals surface area contributed by atoms with Gasteiger partial charge in [-0.3, -0.25) is 0 Å². The van der Waals surface area contributed by atoms with E-state index in [1.54, 1.807) is 12.3 Å². The van der Waals surface area contributed by atoms with Crippen LogP contribution in [0.25, 0.3) is 33.3 Å². The Morgan fingerprint density at radius 1 is 0.758 bits per heavy atom.